The maximum atomic E-state index is 9.43. The zero-order chi connectivity index (χ0) is 14.6. The molecule has 0 aromatic heterocycles. The van der Waals surface area contributed by atoms with Crippen LogP contribution in [0.25, 0.3) is 0 Å². The van der Waals surface area contributed by atoms with E-state index in [1.165, 1.54) is 0 Å². The summed E-state index contributed by atoms with van der Waals surface area (Å²) in [6.07, 6.45) is 0. The maximum Gasteiger partial charge on any atom is 0.133 e. The molecule has 2 unspecified atom stereocenters. The van der Waals surface area contributed by atoms with Gasteiger partial charge in [0.25, 0.3) is 0 Å². The van der Waals surface area contributed by atoms with E-state index in [2.05, 4.69) is 40.7 Å². The van der Waals surface area contributed by atoms with Crippen molar-refractivity contribution in [2.24, 2.45) is 11.8 Å². The van der Waals surface area contributed by atoms with Crippen molar-refractivity contribution in [2.45, 2.75) is 19.9 Å². The van der Waals surface area contributed by atoms with Crippen LogP contribution < -0.4 is 4.74 Å². The Morgan fingerprint density at radius 3 is 2.32 bits per heavy atom. The van der Waals surface area contributed by atoms with Gasteiger partial charge in [0.05, 0.1) is 29.6 Å². The minimum absolute atomic E-state index is 0.0460. The molecule has 0 aliphatic carbocycles. The molecule has 19 heavy (non-hydrogen) atoms. The molecule has 0 saturated carbocycles. The molecule has 0 bridgehead atoms. The molecule has 0 spiro atoms. The molecule has 3 nitrogen and oxygen atoms in total. The number of benzene rings is 1. The molecule has 0 heterocycles. The third-order valence-corrected chi connectivity index (χ3v) is 3.90. The molecule has 1 rings (SSSR count). The van der Waals surface area contributed by atoms with Crippen LogP contribution in [0.4, 0.5) is 0 Å². The Kier molecular flexibility index (Phi) is 5.84. The fourth-order valence-corrected chi connectivity index (χ4v) is 2.84. The highest BCUT2D eigenvalue weighted by atomic mass is 79.9. The molecule has 0 aliphatic rings. The van der Waals surface area contributed by atoms with Gasteiger partial charge < -0.3 is 9.64 Å². The number of hydrogen-bond donors (Lipinski definition) is 0. The van der Waals surface area contributed by atoms with Gasteiger partial charge in [-0.05, 0) is 53.6 Å². The Labute approximate surface area is 124 Å². The third-order valence-electron chi connectivity index (χ3n) is 3.28. The van der Waals surface area contributed by atoms with Crippen molar-refractivity contribution < 1.29 is 4.74 Å². The van der Waals surface area contributed by atoms with Crippen molar-refractivity contribution in [2.75, 3.05) is 21.2 Å². The van der Waals surface area contributed by atoms with Gasteiger partial charge in [0, 0.05) is 0 Å². The Bertz CT molecular complexity index is 466. The minimum Gasteiger partial charge on any atom is -0.496 e. The van der Waals surface area contributed by atoms with E-state index in [0.717, 1.165) is 15.8 Å². The lowest BCUT2D eigenvalue weighted by atomic mass is 9.85. The Morgan fingerprint density at radius 1 is 1.32 bits per heavy atom. The van der Waals surface area contributed by atoms with Crippen molar-refractivity contribution in [3.63, 3.8) is 0 Å². The standard InChI is InChI=1S/C15H21BrN2O/c1-10(2)12(9-17)15(18(3)4)11-6-7-14(19-5)13(16)8-11/h6-8,10,12,15H,1-5H3. The number of halogens is 1. The molecule has 0 amide bonds. The second kappa shape index (κ2) is 6.93. The predicted octanol–water partition coefficient (Wildman–Crippen LogP) is 3.86. The number of nitriles is 1. The normalized spacial score (nSPS) is 14.3. The molecule has 1 aromatic carbocycles. The summed E-state index contributed by atoms with van der Waals surface area (Å²) >= 11 is 3.51. The molecule has 0 fully saturated rings. The van der Waals surface area contributed by atoms with E-state index < -0.39 is 0 Å². The lowest BCUT2D eigenvalue weighted by Crippen LogP contribution is -2.29. The predicted molar refractivity (Wildman–Crippen MR) is 81.1 cm³/mol. The van der Waals surface area contributed by atoms with E-state index in [1.807, 2.05) is 32.3 Å². The van der Waals surface area contributed by atoms with E-state index >= 15 is 0 Å². The lowest BCUT2D eigenvalue weighted by Gasteiger charge is -2.31. The van der Waals surface area contributed by atoms with Crippen molar-refractivity contribution >= 4 is 15.9 Å². The van der Waals surface area contributed by atoms with E-state index in [-0.39, 0.29) is 12.0 Å². The van der Waals surface area contributed by atoms with E-state index in [1.54, 1.807) is 7.11 Å². The smallest absolute Gasteiger partial charge is 0.133 e. The van der Waals surface area contributed by atoms with Gasteiger partial charge in [-0.15, -0.1) is 0 Å². The molecule has 104 valence electrons. The summed E-state index contributed by atoms with van der Waals surface area (Å²) in [7, 11) is 5.67. The number of ether oxygens (including phenoxy) is 1. The van der Waals surface area contributed by atoms with Gasteiger partial charge in [-0.2, -0.15) is 5.26 Å². The first-order valence-electron chi connectivity index (χ1n) is 6.31. The summed E-state index contributed by atoms with van der Waals surface area (Å²) in [5, 5.41) is 9.43. The van der Waals surface area contributed by atoms with Crippen LogP contribution in [-0.4, -0.2) is 26.1 Å². The monoisotopic (exact) mass is 324 g/mol. The summed E-state index contributed by atoms with van der Waals surface area (Å²) in [4.78, 5) is 2.10. The van der Waals surface area contributed by atoms with Gasteiger partial charge in [0.15, 0.2) is 0 Å². The van der Waals surface area contributed by atoms with Crippen molar-refractivity contribution in [1.29, 1.82) is 5.26 Å². The fourth-order valence-electron chi connectivity index (χ4n) is 2.28. The first-order chi connectivity index (χ1) is 8.92. The molecule has 4 heteroatoms. The van der Waals surface area contributed by atoms with Crippen LogP contribution in [0.3, 0.4) is 0 Å². The zero-order valence-electron chi connectivity index (χ0n) is 12.1. The van der Waals surface area contributed by atoms with Gasteiger partial charge in [-0.1, -0.05) is 19.9 Å². The molecular weight excluding hydrogens is 304 g/mol. The van der Waals surface area contributed by atoms with Gasteiger partial charge in [-0.3, -0.25) is 0 Å². The quantitative estimate of drug-likeness (QED) is 0.825. The third kappa shape index (κ3) is 3.71. The van der Waals surface area contributed by atoms with Gasteiger partial charge in [0.1, 0.15) is 5.75 Å². The highest BCUT2D eigenvalue weighted by molar-refractivity contribution is 9.10. The lowest BCUT2D eigenvalue weighted by molar-refractivity contribution is 0.210. The van der Waals surface area contributed by atoms with Crippen molar-refractivity contribution in [3.05, 3.63) is 28.2 Å². The van der Waals surface area contributed by atoms with Gasteiger partial charge in [-0.25, -0.2) is 0 Å². The first kappa shape index (κ1) is 16.0. The Hall–Kier alpha value is -1.05. The fraction of sp³-hybridized carbons (Fsp3) is 0.533. The summed E-state index contributed by atoms with van der Waals surface area (Å²) in [6.45, 7) is 4.17. The largest absolute Gasteiger partial charge is 0.496 e. The van der Waals surface area contributed by atoms with Crippen LogP contribution in [0.15, 0.2) is 22.7 Å². The molecule has 0 N–H and O–H groups in total. The molecule has 0 saturated heterocycles. The molecule has 0 radical (unpaired) electrons. The number of rotatable bonds is 5. The van der Waals surface area contributed by atoms with Crippen LogP contribution in [0, 0.1) is 23.2 Å². The SMILES string of the molecule is COc1ccc(C(C(C#N)C(C)C)N(C)C)cc1Br. The number of hydrogen-bond acceptors (Lipinski definition) is 3. The van der Waals surface area contributed by atoms with Gasteiger partial charge in [0.2, 0.25) is 0 Å². The molecule has 2 atom stereocenters. The Balaban J connectivity index is 3.20. The second-order valence-corrected chi connectivity index (χ2v) is 6.06. The van der Waals surface area contributed by atoms with E-state index in [0.29, 0.717) is 5.92 Å². The number of nitrogens with zero attached hydrogens (tertiary/aromatic N) is 2. The first-order valence-corrected chi connectivity index (χ1v) is 7.11. The summed E-state index contributed by atoms with van der Waals surface area (Å²) < 4.78 is 6.17. The summed E-state index contributed by atoms with van der Waals surface area (Å²) in [6, 6.07) is 8.52. The van der Waals surface area contributed by atoms with Crippen molar-refractivity contribution in [3.8, 4) is 11.8 Å². The highest BCUT2D eigenvalue weighted by Crippen LogP contribution is 2.35. The van der Waals surface area contributed by atoms with Crippen LogP contribution >= 0.6 is 15.9 Å². The van der Waals surface area contributed by atoms with Gasteiger partial charge >= 0.3 is 0 Å². The van der Waals surface area contributed by atoms with Crippen LogP contribution in [0.1, 0.15) is 25.5 Å². The Morgan fingerprint density at radius 2 is 1.95 bits per heavy atom. The molecular formula is C15H21BrN2O. The average molecular weight is 325 g/mol. The number of methoxy groups -OCH3 is 1. The van der Waals surface area contributed by atoms with E-state index in [4.69, 9.17) is 4.74 Å². The molecule has 1 aromatic rings. The highest BCUT2D eigenvalue weighted by Gasteiger charge is 2.28. The summed E-state index contributed by atoms with van der Waals surface area (Å²) in [5.41, 5.74) is 1.12. The van der Waals surface area contributed by atoms with Crippen LogP contribution in [0.5, 0.6) is 5.75 Å². The molecule has 0 aliphatic heterocycles. The zero-order valence-corrected chi connectivity index (χ0v) is 13.7. The van der Waals surface area contributed by atoms with Crippen molar-refractivity contribution in [1.82, 2.24) is 4.90 Å². The summed E-state index contributed by atoms with van der Waals surface area (Å²) in [5.74, 6) is 1.06. The van der Waals surface area contributed by atoms with Crippen LogP contribution in [-0.2, 0) is 0 Å². The van der Waals surface area contributed by atoms with Crippen LogP contribution in [0.2, 0.25) is 0 Å². The maximum absolute atomic E-state index is 9.43. The second-order valence-electron chi connectivity index (χ2n) is 5.20. The van der Waals surface area contributed by atoms with E-state index in [9.17, 15) is 5.26 Å². The topological polar surface area (TPSA) is 36.3 Å². The minimum atomic E-state index is -0.0460. The average Bonchev–Trinajstić information content (AvgIpc) is 2.34.